The number of benzene rings is 2. The van der Waals surface area contributed by atoms with Crippen molar-refractivity contribution >= 4 is 32.5 Å². The number of aryl methyl sites for hydroxylation is 1. The van der Waals surface area contributed by atoms with E-state index < -0.39 is 10.0 Å². The molecule has 0 unspecified atom stereocenters. The Morgan fingerprint density at radius 3 is 2.43 bits per heavy atom. The molecule has 0 atom stereocenters. The zero-order valence-corrected chi connectivity index (χ0v) is 13.6. The number of primary sulfonamides is 1. The molecule has 0 saturated heterocycles. The van der Waals surface area contributed by atoms with Crippen LogP contribution in [0.15, 0.2) is 52.2 Å². The van der Waals surface area contributed by atoms with E-state index in [1.165, 1.54) is 16.7 Å². The number of hydrogen-bond donors (Lipinski definition) is 1. The zero-order valence-electron chi connectivity index (χ0n) is 12.0. The molecule has 0 amide bonds. The molecule has 0 fully saturated rings. The van der Waals surface area contributed by atoms with E-state index in [1.54, 1.807) is 31.2 Å². The van der Waals surface area contributed by atoms with Crippen molar-refractivity contribution in [3.05, 3.63) is 63.7 Å². The monoisotopic (exact) mass is 349 g/mol. The smallest absolute Gasteiger partial charge is 0.266 e. The molecule has 23 heavy (non-hydrogen) atoms. The molecular formula is C15H12ClN3O3S. The Labute approximate surface area is 137 Å². The lowest BCUT2D eigenvalue weighted by molar-refractivity contribution is 0.598. The summed E-state index contributed by atoms with van der Waals surface area (Å²) in [7, 11) is -4.04. The van der Waals surface area contributed by atoms with Crippen LogP contribution >= 0.6 is 11.6 Å². The Hall–Kier alpha value is -2.22. The average Bonchev–Trinajstić information content (AvgIpc) is 2.46. The molecule has 0 aliphatic heterocycles. The standard InChI is InChI=1S/C15H12ClN3O3S/c1-9-18-13-8-12(16)14(23(17,21)22)7-11(13)15(20)19(9)10-5-3-2-4-6-10/h2-8H,1H3,(H2,17,21,22). The minimum atomic E-state index is -4.04. The zero-order chi connectivity index (χ0) is 16.8. The van der Waals surface area contributed by atoms with Crippen LogP contribution in [0.5, 0.6) is 0 Å². The van der Waals surface area contributed by atoms with E-state index in [4.69, 9.17) is 16.7 Å². The van der Waals surface area contributed by atoms with Crippen LogP contribution in [-0.4, -0.2) is 18.0 Å². The first kappa shape index (κ1) is 15.7. The fourth-order valence-corrected chi connectivity index (χ4v) is 3.49. The SMILES string of the molecule is Cc1nc2cc(Cl)c(S(N)(=O)=O)cc2c(=O)n1-c1ccccc1. The third-order valence-electron chi connectivity index (χ3n) is 3.41. The first-order chi connectivity index (χ1) is 10.8. The number of fused-ring (bicyclic) bond motifs is 1. The molecule has 8 heteroatoms. The number of aromatic nitrogens is 2. The molecule has 1 aromatic heterocycles. The van der Waals surface area contributed by atoms with Gasteiger partial charge < -0.3 is 0 Å². The van der Waals surface area contributed by atoms with Crippen LogP contribution in [0.2, 0.25) is 5.02 Å². The lowest BCUT2D eigenvalue weighted by Gasteiger charge is -2.11. The summed E-state index contributed by atoms with van der Waals surface area (Å²) in [6.07, 6.45) is 0. The maximum atomic E-state index is 12.8. The molecule has 0 aliphatic carbocycles. The summed E-state index contributed by atoms with van der Waals surface area (Å²) < 4.78 is 24.6. The number of para-hydroxylation sites is 1. The summed E-state index contributed by atoms with van der Waals surface area (Å²) >= 11 is 5.94. The lowest BCUT2D eigenvalue weighted by Crippen LogP contribution is -2.23. The third kappa shape index (κ3) is 2.74. The normalized spacial score (nSPS) is 11.8. The number of sulfonamides is 1. The van der Waals surface area contributed by atoms with E-state index in [-0.39, 0.29) is 20.9 Å². The van der Waals surface area contributed by atoms with Gasteiger partial charge in [0.2, 0.25) is 10.0 Å². The summed E-state index contributed by atoms with van der Waals surface area (Å²) in [5, 5.41) is 5.20. The van der Waals surface area contributed by atoms with Crippen molar-refractivity contribution in [2.75, 3.05) is 0 Å². The summed E-state index contributed by atoms with van der Waals surface area (Å²) in [4.78, 5) is 16.8. The molecule has 118 valence electrons. The number of nitrogens with zero attached hydrogens (tertiary/aromatic N) is 2. The van der Waals surface area contributed by atoms with Gasteiger partial charge in [-0.25, -0.2) is 18.5 Å². The molecule has 0 aliphatic rings. The first-order valence-electron chi connectivity index (χ1n) is 6.60. The molecule has 3 rings (SSSR count). The van der Waals surface area contributed by atoms with Gasteiger partial charge in [-0.1, -0.05) is 29.8 Å². The van der Waals surface area contributed by atoms with Gasteiger partial charge in [0.05, 0.1) is 21.6 Å². The van der Waals surface area contributed by atoms with Gasteiger partial charge in [-0.15, -0.1) is 0 Å². The van der Waals surface area contributed by atoms with Crippen LogP contribution in [0.25, 0.3) is 16.6 Å². The van der Waals surface area contributed by atoms with Crippen molar-refractivity contribution in [2.24, 2.45) is 5.14 Å². The predicted molar refractivity (Wildman–Crippen MR) is 88.5 cm³/mol. The molecule has 1 heterocycles. The van der Waals surface area contributed by atoms with Gasteiger partial charge in [0.1, 0.15) is 10.7 Å². The second-order valence-corrected chi connectivity index (χ2v) is 6.92. The van der Waals surface area contributed by atoms with Crippen molar-refractivity contribution in [2.45, 2.75) is 11.8 Å². The lowest BCUT2D eigenvalue weighted by atomic mass is 10.2. The molecule has 6 nitrogen and oxygen atoms in total. The van der Waals surface area contributed by atoms with Crippen molar-refractivity contribution in [1.29, 1.82) is 0 Å². The second-order valence-electron chi connectivity index (χ2n) is 4.98. The van der Waals surface area contributed by atoms with Crippen LogP contribution in [0.3, 0.4) is 0 Å². The number of rotatable bonds is 2. The summed E-state index contributed by atoms with van der Waals surface area (Å²) in [5.41, 5.74) is 0.564. The second kappa shape index (κ2) is 5.45. The van der Waals surface area contributed by atoms with Crippen LogP contribution < -0.4 is 10.7 Å². The highest BCUT2D eigenvalue weighted by Crippen LogP contribution is 2.25. The predicted octanol–water partition coefficient (Wildman–Crippen LogP) is 1.99. The van der Waals surface area contributed by atoms with E-state index in [0.29, 0.717) is 17.0 Å². The van der Waals surface area contributed by atoms with Crippen molar-refractivity contribution in [3.8, 4) is 5.69 Å². The van der Waals surface area contributed by atoms with Gasteiger partial charge in [-0.05, 0) is 31.2 Å². The Morgan fingerprint density at radius 2 is 1.83 bits per heavy atom. The van der Waals surface area contributed by atoms with Crippen molar-refractivity contribution in [3.63, 3.8) is 0 Å². The first-order valence-corrected chi connectivity index (χ1v) is 8.52. The number of nitrogens with two attached hydrogens (primary N) is 1. The third-order valence-corrected chi connectivity index (χ3v) is 4.79. The van der Waals surface area contributed by atoms with Crippen LogP contribution in [0.1, 0.15) is 5.82 Å². The molecule has 2 N–H and O–H groups in total. The fourth-order valence-electron chi connectivity index (χ4n) is 2.40. The fraction of sp³-hybridized carbons (Fsp3) is 0.0667. The van der Waals surface area contributed by atoms with E-state index in [1.807, 2.05) is 6.07 Å². The highest BCUT2D eigenvalue weighted by molar-refractivity contribution is 7.89. The molecule has 0 saturated carbocycles. The van der Waals surface area contributed by atoms with Gasteiger partial charge in [-0.2, -0.15) is 0 Å². The van der Waals surface area contributed by atoms with Crippen LogP contribution in [-0.2, 0) is 10.0 Å². The van der Waals surface area contributed by atoms with Gasteiger partial charge >= 0.3 is 0 Å². The minimum absolute atomic E-state index is 0.0660. The van der Waals surface area contributed by atoms with Gasteiger partial charge in [-0.3, -0.25) is 9.36 Å². The maximum Gasteiger partial charge on any atom is 0.266 e. The van der Waals surface area contributed by atoms with Crippen LogP contribution in [0, 0.1) is 6.92 Å². The van der Waals surface area contributed by atoms with Gasteiger partial charge in [0, 0.05) is 0 Å². The number of halogens is 1. The van der Waals surface area contributed by atoms with Crippen molar-refractivity contribution in [1.82, 2.24) is 9.55 Å². The molecular weight excluding hydrogens is 338 g/mol. The Bertz CT molecular complexity index is 1080. The average molecular weight is 350 g/mol. The van der Waals surface area contributed by atoms with E-state index in [0.717, 1.165) is 0 Å². The Morgan fingerprint density at radius 1 is 1.17 bits per heavy atom. The van der Waals surface area contributed by atoms with E-state index in [9.17, 15) is 13.2 Å². The summed E-state index contributed by atoms with van der Waals surface area (Å²) in [5.74, 6) is 0.466. The topological polar surface area (TPSA) is 95.1 Å². The largest absolute Gasteiger partial charge is 0.268 e. The maximum absolute atomic E-state index is 12.8. The summed E-state index contributed by atoms with van der Waals surface area (Å²) in [6, 6.07) is 11.4. The van der Waals surface area contributed by atoms with Gasteiger partial charge in [0.25, 0.3) is 5.56 Å². The van der Waals surface area contributed by atoms with E-state index >= 15 is 0 Å². The highest BCUT2D eigenvalue weighted by Gasteiger charge is 2.18. The molecule has 0 bridgehead atoms. The Kier molecular flexibility index (Phi) is 3.71. The highest BCUT2D eigenvalue weighted by atomic mass is 35.5. The van der Waals surface area contributed by atoms with E-state index in [2.05, 4.69) is 4.98 Å². The van der Waals surface area contributed by atoms with Crippen molar-refractivity contribution < 1.29 is 8.42 Å². The molecule has 2 aromatic carbocycles. The Balaban J connectivity index is 2.43. The van der Waals surface area contributed by atoms with Gasteiger partial charge in [0.15, 0.2) is 0 Å². The molecule has 0 radical (unpaired) electrons. The molecule has 0 spiro atoms. The quantitative estimate of drug-likeness (QED) is 0.765. The number of hydrogen-bond acceptors (Lipinski definition) is 4. The minimum Gasteiger partial charge on any atom is -0.268 e. The molecule has 3 aromatic rings. The van der Waals surface area contributed by atoms with Crippen LogP contribution in [0.4, 0.5) is 0 Å². The summed E-state index contributed by atoms with van der Waals surface area (Å²) in [6.45, 7) is 1.69.